The highest BCUT2D eigenvalue weighted by molar-refractivity contribution is 6.74. The van der Waals surface area contributed by atoms with E-state index in [-0.39, 0.29) is 0 Å². The van der Waals surface area contributed by atoms with Gasteiger partial charge in [0.1, 0.15) is 0 Å². The summed E-state index contributed by atoms with van der Waals surface area (Å²) in [6.45, 7) is 15.4. The molecule has 0 aliphatic rings. The van der Waals surface area contributed by atoms with Crippen LogP contribution in [0.15, 0.2) is 0 Å². The number of rotatable bonds is 19. The molecule has 26 heavy (non-hydrogen) atoms. The molecule has 5 nitrogen and oxygen atoms in total. The Hall–Kier alpha value is 0.234. The molecule has 0 atom stereocenters. The highest BCUT2D eigenvalue weighted by Crippen LogP contribution is 2.24. The molecular formula is C19H44O5Si2. The molecule has 0 aromatic heterocycles. The Balaban J connectivity index is 5.11. The molecule has 0 aromatic rings. The molecule has 0 N–H and O–H groups in total. The summed E-state index contributed by atoms with van der Waals surface area (Å²) in [6.07, 6.45) is 8.43. The maximum absolute atomic E-state index is 6.55. The topological polar surface area (TPSA) is 46.2 Å². The largest absolute Gasteiger partial charge is 0.493 e. The van der Waals surface area contributed by atoms with E-state index in [1.165, 1.54) is 0 Å². The van der Waals surface area contributed by atoms with Gasteiger partial charge in [0.25, 0.3) is 0 Å². The lowest BCUT2D eigenvalue weighted by atomic mass is 10.4. The third kappa shape index (κ3) is 11.8. The van der Waals surface area contributed by atoms with Crippen molar-refractivity contribution in [3.05, 3.63) is 0 Å². The van der Waals surface area contributed by atoms with Crippen LogP contribution in [0.3, 0.4) is 0 Å². The smallest absolute Gasteiger partial charge is 0.374 e. The van der Waals surface area contributed by atoms with Crippen LogP contribution >= 0.6 is 0 Å². The maximum Gasteiger partial charge on any atom is 0.493 e. The van der Waals surface area contributed by atoms with Gasteiger partial charge in [0.2, 0.25) is 0 Å². The van der Waals surface area contributed by atoms with Crippen molar-refractivity contribution in [3.63, 3.8) is 0 Å². The van der Waals surface area contributed by atoms with Gasteiger partial charge in [0.05, 0.1) is 0 Å². The van der Waals surface area contributed by atoms with Crippen LogP contribution in [0.25, 0.3) is 0 Å². The lowest BCUT2D eigenvalue weighted by Gasteiger charge is -2.36. The molecule has 0 aliphatic carbocycles. The van der Waals surface area contributed by atoms with E-state index >= 15 is 0 Å². The molecule has 0 heterocycles. The molecule has 0 rings (SSSR count). The zero-order valence-electron chi connectivity index (χ0n) is 18.2. The molecule has 158 valence electrons. The first-order chi connectivity index (χ1) is 12.5. The average Bonchev–Trinajstić information content (AvgIpc) is 2.62. The standard InChI is InChI=1S/C19H44O5Si2/c1-7-12-16-20-25(6,21-17-13-8-2)24-26(11-5,22-18-14-9-3)23-19-15-10-4/h7-19H2,1-6H3. The van der Waals surface area contributed by atoms with Gasteiger partial charge in [-0.25, -0.2) is 0 Å². The fraction of sp³-hybridized carbons (Fsp3) is 1.00. The molecule has 7 heteroatoms. The summed E-state index contributed by atoms with van der Waals surface area (Å²) in [5.41, 5.74) is 0. The first kappa shape index (κ1) is 26.2. The summed E-state index contributed by atoms with van der Waals surface area (Å²) in [5, 5.41) is 0. The fourth-order valence-corrected chi connectivity index (χ4v) is 8.60. The first-order valence-electron chi connectivity index (χ1n) is 10.8. The number of hydrogen-bond acceptors (Lipinski definition) is 5. The van der Waals surface area contributed by atoms with Gasteiger partial charge in [-0.15, -0.1) is 0 Å². The van der Waals surface area contributed by atoms with Crippen LogP contribution in [-0.4, -0.2) is 44.0 Å². The summed E-state index contributed by atoms with van der Waals surface area (Å²) in [7, 11) is -5.58. The van der Waals surface area contributed by atoms with Gasteiger partial charge in [0, 0.05) is 39.0 Å². The second-order valence-corrected chi connectivity index (χ2v) is 12.6. The Morgan fingerprint density at radius 3 is 1.19 bits per heavy atom. The maximum atomic E-state index is 6.55. The van der Waals surface area contributed by atoms with Crippen molar-refractivity contribution in [1.29, 1.82) is 0 Å². The van der Waals surface area contributed by atoms with E-state index in [9.17, 15) is 0 Å². The van der Waals surface area contributed by atoms with Gasteiger partial charge in [-0.3, -0.25) is 0 Å². The van der Waals surface area contributed by atoms with E-state index < -0.39 is 17.6 Å². The average molecular weight is 409 g/mol. The Bertz CT molecular complexity index is 298. The van der Waals surface area contributed by atoms with Crippen molar-refractivity contribution in [3.8, 4) is 0 Å². The van der Waals surface area contributed by atoms with Gasteiger partial charge in [0.15, 0.2) is 0 Å². The summed E-state index contributed by atoms with van der Waals surface area (Å²) < 4.78 is 31.3. The Kier molecular flexibility index (Phi) is 16.4. The van der Waals surface area contributed by atoms with E-state index in [1.54, 1.807) is 0 Å². The minimum atomic E-state index is -2.79. The molecule has 0 saturated carbocycles. The van der Waals surface area contributed by atoms with E-state index in [2.05, 4.69) is 34.6 Å². The van der Waals surface area contributed by atoms with Gasteiger partial charge in [-0.2, -0.15) is 0 Å². The Labute approximate surface area is 164 Å². The lowest BCUT2D eigenvalue weighted by molar-refractivity contribution is 0.0431. The quantitative estimate of drug-likeness (QED) is 0.200. The molecule has 0 unspecified atom stereocenters. The van der Waals surface area contributed by atoms with Crippen LogP contribution in [0, 0.1) is 0 Å². The highest BCUT2D eigenvalue weighted by atomic mass is 28.5. The Morgan fingerprint density at radius 2 is 0.885 bits per heavy atom. The molecular weight excluding hydrogens is 364 g/mol. The fourth-order valence-electron chi connectivity index (χ4n) is 2.31. The highest BCUT2D eigenvalue weighted by Gasteiger charge is 2.50. The molecule has 0 spiro atoms. The second kappa shape index (κ2) is 16.2. The molecule has 0 bridgehead atoms. The third-order valence-electron chi connectivity index (χ3n) is 4.14. The summed E-state index contributed by atoms with van der Waals surface area (Å²) in [5.74, 6) is 0. The summed E-state index contributed by atoms with van der Waals surface area (Å²) in [4.78, 5) is 0. The minimum Gasteiger partial charge on any atom is -0.374 e. The van der Waals surface area contributed by atoms with Gasteiger partial charge in [-0.05, 0) is 25.7 Å². The monoisotopic (exact) mass is 408 g/mol. The first-order valence-corrected chi connectivity index (χ1v) is 14.9. The van der Waals surface area contributed by atoms with Crippen molar-refractivity contribution in [2.45, 2.75) is 98.6 Å². The Morgan fingerprint density at radius 1 is 0.538 bits per heavy atom. The van der Waals surface area contributed by atoms with Crippen molar-refractivity contribution in [1.82, 2.24) is 0 Å². The van der Waals surface area contributed by atoms with Gasteiger partial charge in [-0.1, -0.05) is 60.3 Å². The normalized spacial score (nSPS) is 12.7. The molecule has 0 aromatic carbocycles. The second-order valence-electron chi connectivity index (χ2n) is 6.81. The number of unbranched alkanes of at least 4 members (excludes halogenated alkanes) is 4. The summed E-state index contributed by atoms with van der Waals surface area (Å²) in [6, 6.07) is 0.747. The zero-order chi connectivity index (χ0) is 19.7. The van der Waals surface area contributed by atoms with Crippen LogP contribution < -0.4 is 0 Å². The molecule has 0 saturated heterocycles. The van der Waals surface area contributed by atoms with Crippen LogP contribution in [0.2, 0.25) is 12.6 Å². The predicted octanol–water partition coefficient (Wildman–Crippen LogP) is 5.80. The van der Waals surface area contributed by atoms with Crippen molar-refractivity contribution >= 4 is 17.6 Å². The van der Waals surface area contributed by atoms with Crippen LogP contribution in [-0.2, 0) is 21.8 Å². The van der Waals surface area contributed by atoms with E-state index in [0.717, 1.165) is 57.4 Å². The van der Waals surface area contributed by atoms with Crippen molar-refractivity contribution < 1.29 is 21.8 Å². The van der Waals surface area contributed by atoms with E-state index in [4.69, 9.17) is 21.8 Å². The lowest BCUT2D eigenvalue weighted by Crippen LogP contribution is -2.57. The molecule has 0 aliphatic heterocycles. The minimum absolute atomic E-state index is 0.670. The summed E-state index contributed by atoms with van der Waals surface area (Å²) >= 11 is 0. The van der Waals surface area contributed by atoms with Gasteiger partial charge >= 0.3 is 17.6 Å². The van der Waals surface area contributed by atoms with Crippen LogP contribution in [0.4, 0.5) is 0 Å². The van der Waals surface area contributed by atoms with Crippen molar-refractivity contribution in [2.24, 2.45) is 0 Å². The predicted molar refractivity (Wildman–Crippen MR) is 112 cm³/mol. The van der Waals surface area contributed by atoms with E-state index in [0.29, 0.717) is 26.4 Å². The van der Waals surface area contributed by atoms with Crippen molar-refractivity contribution in [2.75, 3.05) is 26.4 Å². The third-order valence-corrected chi connectivity index (χ3v) is 10.5. The molecule has 0 fully saturated rings. The van der Waals surface area contributed by atoms with Crippen LogP contribution in [0.5, 0.6) is 0 Å². The SMILES string of the molecule is CCCCO[Si](C)(OCCCC)O[Si](CC)(OCCCC)OCCCC. The molecule has 0 radical (unpaired) electrons. The van der Waals surface area contributed by atoms with Crippen LogP contribution in [0.1, 0.15) is 86.0 Å². The zero-order valence-corrected chi connectivity index (χ0v) is 20.2. The molecule has 0 amide bonds. The number of hydrogen-bond donors (Lipinski definition) is 0. The van der Waals surface area contributed by atoms with Gasteiger partial charge < -0.3 is 21.8 Å². The van der Waals surface area contributed by atoms with E-state index in [1.807, 2.05) is 6.55 Å².